The molecule has 5 heteroatoms. The number of aliphatic hydroxyl groups is 1. The molecule has 1 unspecified atom stereocenters. The number of hydrogen-bond donors (Lipinski definition) is 2. The molecule has 1 heterocycles. The molecule has 1 atom stereocenters. The lowest BCUT2D eigenvalue weighted by Gasteiger charge is -2.39. The Balaban J connectivity index is 1.76. The van der Waals surface area contributed by atoms with Gasteiger partial charge in [-0.05, 0) is 48.2 Å². The number of aliphatic hydroxyl groups excluding tert-OH is 1. The Bertz CT molecular complexity index is 671. The molecule has 0 aromatic heterocycles. The van der Waals surface area contributed by atoms with E-state index in [1.165, 1.54) is 12.1 Å². The van der Waals surface area contributed by atoms with Crippen molar-refractivity contribution < 1.29 is 14.2 Å². The molecular formula is C19H21ClFNO2. The topological polar surface area (TPSA) is 41.5 Å². The van der Waals surface area contributed by atoms with Crippen molar-refractivity contribution in [3.63, 3.8) is 0 Å². The summed E-state index contributed by atoms with van der Waals surface area (Å²) in [4.78, 5) is 0. The Morgan fingerprint density at radius 3 is 2.54 bits per heavy atom. The van der Waals surface area contributed by atoms with E-state index in [9.17, 15) is 9.50 Å². The summed E-state index contributed by atoms with van der Waals surface area (Å²) in [5.41, 5.74) is 1.48. The quantitative estimate of drug-likeness (QED) is 0.862. The summed E-state index contributed by atoms with van der Waals surface area (Å²) in [6.45, 7) is 1.66. The molecule has 1 fully saturated rings. The van der Waals surface area contributed by atoms with Crippen molar-refractivity contribution in [2.45, 2.75) is 24.5 Å². The van der Waals surface area contributed by atoms with E-state index in [0.29, 0.717) is 24.8 Å². The van der Waals surface area contributed by atoms with Crippen LogP contribution in [0.2, 0.25) is 5.02 Å². The SMILES string of the molecule is OC(CNC1(c2ccc(F)cc2)CCOCC1)c1cccc(Cl)c1. The molecular weight excluding hydrogens is 329 g/mol. The number of benzene rings is 2. The Morgan fingerprint density at radius 2 is 1.88 bits per heavy atom. The molecule has 0 spiro atoms. The van der Waals surface area contributed by atoms with E-state index in [1.54, 1.807) is 24.3 Å². The minimum Gasteiger partial charge on any atom is -0.387 e. The van der Waals surface area contributed by atoms with Crippen LogP contribution in [0, 0.1) is 5.82 Å². The summed E-state index contributed by atoms with van der Waals surface area (Å²) in [5.74, 6) is -0.250. The summed E-state index contributed by atoms with van der Waals surface area (Å²) in [6.07, 6.45) is 0.894. The van der Waals surface area contributed by atoms with Crippen LogP contribution >= 0.6 is 11.6 Å². The maximum atomic E-state index is 13.3. The van der Waals surface area contributed by atoms with Crippen LogP contribution < -0.4 is 5.32 Å². The van der Waals surface area contributed by atoms with Gasteiger partial charge in [0.2, 0.25) is 0 Å². The average molecular weight is 350 g/mol. The normalized spacial score (nSPS) is 18.3. The number of ether oxygens (including phenoxy) is 1. The molecule has 2 aromatic rings. The van der Waals surface area contributed by atoms with Crippen molar-refractivity contribution in [3.8, 4) is 0 Å². The highest BCUT2D eigenvalue weighted by Gasteiger charge is 2.34. The number of nitrogens with one attached hydrogen (secondary N) is 1. The fourth-order valence-electron chi connectivity index (χ4n) is 3.18. The molecule has 128 valence electrons. The van der Waals surface area contributed by atoms with Crippen LogP contribution in [0.15, 0.2) is 48.5 Å². The Kier molecular flexibility index (Phi) is 5.51. The van der Waals surface area contributed by atoms with Crippen molar-refractivity contribution in [3.05, 3.63) is 70.5 Å². The maximum absolute atomic E-state index is 13.3. The van der Waals surface area contributed by atoms with Gasteiger partial charge >= 0.3 is 0 Å². The van der Waals surface area contributed by atoms with Crippen molar-refractivity contribution in [1.82, 2.24) is 5.32 Å². The first-order valence-corrected chi connectivity index (χ1v) is 8.49. The van der Waals surface area contributed by atoms with E-state index >= 15 is 0 Å². The summed E-state index contributed by atoms with van der Waals surface area (Å²) in [7, 11) is 0. The Labute approximate surface area is 146 Å². The lowest BCUT2D eigenvalue weighted by molar-refractivity contribution is 0.0299. The van der Waals surface area contributed by atoms with Crippen LogP contribution in [0.1, 0.15) is 30.1 Å². The van der Waals surface area contributed by atoms with Crippen LogP contribution in [0.4, 0.5) is 4.39 Å². The van der Waals surface area contributed by atoms with Gasteiger partial charge in [0.05, 0.1) is 6.10 Å². The van der Waals surface area contributed by atoms with Gasteiger partial charge in [-0.3, -0.25) is 0 Å². The van der Waals surface area contributed by atoms with Crippen LogP contribution in [-0.4, -0.2) is 24.9 Å². The zero-order chi connectivity index (χ0) is 17.0. The second-order valence-electron chi connectivity index (χ2n) is 6.15. The second-order valence-corrected chi connectivity index (χ2v) is 6.59. The molecule has 0 bridgehead atoms. The molecule has 24 heavy (non-hydrogen) atoms. The predicted octanol–water partition coefficient (Wildman–Crippen LogP) is 3.81. The molecule has 0 saturated carbocycles. The molecule has 1 saturated heterocycles. The number of hydrogen-bond acceptors (Lipinski definition) is 3. The standard InChI is InChI=1S/C19H21ClFNO2/c20-16-3-1-2-14(12-16)18(23)13-22-19(8-10-24-11-9-19)15-4-6-17(21)7-5-15/h1-7,12,18,22-23H,8-11,13H2. The minimum absolute atomic E-state index is 0.250. The van der Waals surface area contributed by atoms with E-state index in [1.807, 2.05) is 12.1 Å². The van der Waals surface area contributed by atoms with Gasteiger partial charge in [0.1, 0.15) is 5.82 Å². The first-order valence-electron chi connectivity index (χ1n) is 8.11. The highest BCUT2D eigenvalue weighted by atomic mass is 35.5. The minimum atomic E-state index is -0.663. The zero-order valence-electron chi connectivity index (χ0n) is 13.3. The third-order valence-corrected chi connectivity index (χ3v) is 4.85. The van der Waals surface area contributed by atoms with E-state index in [2.05, 4.69) is 5.32 Å². The largest absolute Gasteiger partial charge is 0.387 e. The van der Waals surface area contributed by atoms with E-state index in [4.69, 9.17) is 16.3 Å². The average Bonchev–Trinajstić information content (AvgIpc) is 2.61. The molecule has 0 amide bonds. The van der Waals surface area contributed by atoms with Crippen LogP contribution in [0.5, 0.6) is 0 Å². The van der Waals surface area contributed by atoms with E-state index < -0.39 is 6.10 Å². The summed E-state index contributed by atoms with van der Waals surface area (Å²) >= 11 is 5.99. The summed E-state index contributed by atoms with van der Waals surface area (Å²) in [6, 6.07) is 13.8. The molecule has 3 nitrogen and oxygen atoms in total. The van der Waals surface area contributed by atoms with Crippen LogP contribution in [-0.2, 0) is 10.3 Å². The molecule has 2 N–H and O–H groups in total. The van der Waals surface area contributed by atoms with Gasteiger partial charge in [-0.25, -0.2) is 4.39 Å². The van der Waals surface area contributed by atoms with Crippen LogP contribution in [0.3, 0.4) is 0 Å². The smallest absolute Gasteiger partial charge is 0.123 e. The van der Waals surface area contributed by atoms with Crippen molar-refractivity contribution in [2.24, 2.45) is 0 Å². The fraction of sp³-hybridized carbons (Fsp3) is 0.368. The zero-order valence-corrected chi connectivity index (χ0v) is 14.1. The third-order valence-electron chi connectivity index (χ3n) is 4.61. The summed E-state index contributed by atoms with van der Waals surface area (Å²) in [5, 5.41) is 14.6. The van der Waals surface area contributed by atoms with E-state index in [-0.39, 0.29) is 11.4 Å². The third kappa shape index (κ3) is 3.95. The van der Waals surface area contributed by atoms with Crippen molar-refractivity contribution >= 4 is 11.6 Å². The van der Waals surface area contributed by atoms with Gasteiger partial charge in [-0.15, -0.1) is 0 Å². The molecule has 0 radical (unpaired) electrons. The molecule has 3 rings (SSSR count). The van der Waals surface area contributed by atoms with Gasteiger partial charge in [0.25, 0.3) is 0 Å². The van der Waals surface area contributed by atoms with Crippen LogP contribution in [0.25, 0.3) is 0 Å². The lowest BCUT2D eigenvalue weighted by atomic mass is 9.82. The van der Waals surface area contributed by atoms with Gasteiger partial charge in [-0.1, -0.05) is 35.9 Å². The first-order chi connectivity index (χ1) is 11.6. The monoisotopic (exact) mass is 349 g/mol. The Morgan fingerprint density at radius 1 is 1.17 bits per heavy atom. The molecule has 2 aromatic carbocycles. The maximum Gasteiger partial charge on any atom is 0.123 e. The lowest BCUT2D eigenvalue weighted by Crippen LogP contribution is -2.48. The van der Waals surface area contributed by atoms with Gasteiger partial charge in [0, 0.05) is 30.3 Å². The number of rotatable bonds is 5. The van der Waals surface area contributed by atoms with Gasteiger partial charge in [-0.2, -0.15) is 0 Å². The predicted molar refractivity (Wildman–Crippen MR) is 92.5 cm³/mol. The summed E-state index contributed by atoms with van der Waals surface area (Å²) < 4.78 is 18.7. The number of halogens is 2. The second kappa shape index (κ2) is 7.62. The first kappa shape index (κ1) is 17.4. The Hall–Kier alpha value is -1.46. The van der Waals surface area contributed by atoms with E-state index in [0.717, 1.165) is 24.0 Å². The van der Waals surface area contributed by atoms with Gasteiger partial charge < -0.3 is 15.2 Å². The molecule has 0 aliphatic carbocycles. The highest BCUT2D eigenvalue weighted by Crippen LogP contribution is 2.33. The highest BCUT2D eigenvalue weighted by molar-refractivity contribution is 6.30. The molecule has 1 aliphatic heterocycles. The molecule has 1 aliphatic rings. The fourth-order valence-corrected chi connectivity index (χ4v) is 3.38. The van der Waals surface area contributed by atoms with Crippen molar-refractivity contribution in [2.75, 3.05) is 19.8 Å². The van der Waals surface area contributed by atoms with Crippen molar-refractivity contribution in [1.29, 1.82) is 0 Å². The van der Waals surface area contributed by atoms with Gasteiger partial charge in [0.15, 0.2) is 0 Å².